The van der Waals surface area contributed by atoms with Gasteiger partial charge in [0.15, 0.2) is 11.3 Å². The van der Waals surface area contributed by atoms with Gasteiger partial charge < -0.3 is 19.0 Å². The summed E-state index contributed by atoms with van der Waals surface area (Å²) < 4.78 is 16.3. The summed E-state index contributed by atoms with van der Waals surface area (Å²) in [5.74, 6) is 2.32. The number of hydrogen-bond donors (Lipinski definition) is 1. The van der Waals surface area contributed by atoms with Crippen LogP contribution in [0.2, 0.25) is 0 Å². The molecule has 4 nitrogen and oxygen atoms in total. The molecule has 2 aromatic carbocycles. The Morgan fingerprint density at radius 1 is 1.05 bits per heavy atom. The monoisotopic (exact) mass is 270 g/mol. The van der Waals surface area contributed by atoms with E-state index in [-0.39, 0.29) is 5.75 Å². The van der Waals surface area contributed by atoms with Gasteiger partial charge in [-0.1, -0.05) is 12.1 Å². The van der Waals surface area contributed by atoms with Crippen LogP contribution in [0.5, 0.6) is 17.2 Å². The highest BCUT2D eigenvalue weighted by atomic mass is 16.5. The van der Waals surface area contributed by atoms with Gasteiger partial charge in [0.2, 0.25) is 0 Å². The topological polar surface area (TPSA) is 51.8 Å². The summed E-state index contributed by atoms with van der Waals surface area (Å²) in [5.41, 5.74) is 0.487. The van der Waals surface area contributed by atoms with Gasteiger partial charge in [-0.15, -0.1) is 0 Å². The van der Waals surface area contributed by atoms with Gasteiger partial charge in [0.1, 0.15) is 23.9 Å². The van der Waals surface area contributed by atoms with E-state index in [4.69, 9.17) is 13.9 Å². The first-order chi connectivity index (χ1) is 9.76. The van der Waals surface area contributed by atoms with Crippen LogP contribution in [0.15, 0.2) is 52.9 Å². The molecule has 4 heteroatoms. The number of phenols is 1. The summed E-state index contributed by atoms with van der Waals surface area (Å²) in [6.07, 6.45) is 0. The summed E-state index contributed by atoms with van der Waals surface area (Å²) in [7, 11) is 1.62. The number of furan rings is 1. The van der Waals surface area contributed by atoms with Crippen molar-refractivity contribution in [2.75, 3.05) is 7.11 Å². The smallest absolute Gasteiger partial charge is 0.176 e. The number of fused-ring (bicyclic) bond motifs is 1. The molecule has 0 saturated carbocycles. The molecule has 0 radical (unpaired) electrons. The first-order valence-corrected chi connectivity index (χ1v) is 6.23. The maximum atomic E-state index is 9.68. The number of phenolic OH excluding ortho intramolecular Hbond substituents is 1. The predicted molar refractivity (Wildman–Crippen MR) is 75.2 cm³/mol. The van der Waals surface area contributed by atoms with E-state index in [1.54, 1.807) is 19.2 Å². The molecule has 0 saturated heterocycles. The molecule has 0 bridgehead atoms. The minimum Gasteiger partial charge on any atom is -0.504 e. The zero-order valence-corrected chi connectivity index (χ0v) is 11.0. The van der Waals surface area contributed by atoms with Gasteiger partial charge in [-0.05, 0) is 36.4 Å². The number of hydrogen-bond acceptors (Lipinski definition) is 4. The van der Waals surface area contributed by atoms with Crippen LogP contribution in [0.25, 0.3) is 11.0 Å². The molecule has 0 atom stereocenters. The van der Waals surface area contributed by atoms with Crippen molar-refractivity contribution in [2.24, 2.45) is 0 Å². The number of rotatable bonds is 4. The van der Waals surface area contributed by atoms with E-state index in [1.165, 1.54) is 0 Å². The third kappa shape index (κ3) is 2.40. The molecule has 3 rings (SSSR count). The molecule has 0 unspecified atom stereocenters. The van der Waals surface area contributed by atoms with Crippen molar-refractivity contribution in [1.82, 2.24) is 0 Å². The number of para-hydroxylation sites is 1. The third-order valence-corrected chi connectivity index (χ3v) is 3.01. The maximum Gasteiger partial charge on any atom is 0.176 e. The van der Waals surface area contributed by atoms with E-state index in [9.17, 15) is 5.11 Å². The molecule has 3 aromatic rings. The van der Waals surface area contributed by atoms with E-state index in [2.05, 4.69) is 0 Å². The highest BCUT2D eigenvalue weighted by molar-refractivity contribution is 5.83. The van der Waals surface area contributed by atoms with E-state index in [0.29, 0.717) is 18.0 Å². The average molecular weight is 270 g/mol. The number of aromatic hydroxyl groups is 1. The van der Waals surface area contributed by atoms with Crippen molar-refractivity contribution >= 4 is 11.0 Å². The molecule has 1 heterocycles. The van der Waals surface area contributed by atoms with Crippen LogP contribution in [-0.4, -0.2) is 12.2 Å². The molecule has 20 heavy (non-hydrogen) atoms. The lowest BCUT2D eigenvalue weighted by atomic mass is 10.2. The quantitative estimate of drug-likeness (QED) is 0.785. The first-order valence-electron chi connectivity index (χ1n) is 6.23. The van der Waals surface area contributed by atoms with Crippen molar-refractivity contribution in [3.63, 3.8) is 0 Å². The molecular weight excluding hydrogens is 256 g/mol. The van der Waals surface area contributed by atoms with Gasteiger partial charge in [-0.2, -0.15) is 0 Å². The van der Waals surface area contributed by atoms with Crippen molar-refractivity contribution in [1.29, 1.82) is 0 Å². The lowest BCUT2D eigenvalue weighted by Crippen LogP contribution is -1.93. The second-order valence-electron chi connectivity index (χ2n) is 4.37. The lowest BCUT2D eigenvalue weighted by molar-refractivity contribution is 0.273. The fourth-order valence-corrected chi connectivity index (χ4v) is 2.00. The molecule has 0 spiro atoms. The van der Waals surface area contributed by atoms with Crippen LogP contribution in [0, 0.1) is 0 Å². The van der Waals surface area contributed by atoms with Crippen LogP contribution in [0.1, 0.15) is 5.76 Å². The molecule has 0 amide bonds. The van der Waals surface area contributed by atoms with Crippen LogP contribution < -0.4 is 9.47 Å². The second kappa shape index (κ2) is 5.17. The fourth-order valence-electron chi connectivity index (χ4n) is 2.00. The number of methoxy groups -OCH3 is 1. The van der Waals surface area contributed by atoms with Crippen molar-refractivity contribution in [3.8, 4) is 17.2 Å². The molecule has 0 aliphatic rings. The largest absolute Gasteiger partial charge is 0.504 e. The minimum absolute atomic E-state index is 0.137. The Balaban J connectivity index is 1.74. The van der Waals surface area contributed by atoms with Crippen molar-refractivity contribution in [3.05, 3.63) is 54.3 Å². The summed E-state index contributed by atoms with van der Waals surface area (Å²) in [6.45, 7) is 0.306. The van der Waals surface area contributed by atoms with E-state index in [1.807, 2.05) is 36.4 Å². The maximum absolute atomic E-state index is 9.68. The third-order valence-electron chi connectivity index (χ3n) is 3.01. The zero-order valence-electron chi connectivity index (χ0n) is 11.0. The highest BCUT2D eigenvalue weighted by Crippen LogP contribution is 2.28. The Labute approximate surface area is 116 Å². The first kappa shape index (κ1) is 12.4. The zero-order chi connectivity index (χ0) is 13.9. The van der Waals surface area contributed by atoms with Gasteiger partial charge in [-0.3, -0.25) is 0 Å². The molecule has 0 fully saturated rings. The Morgan fingerprint density at radius 2 is 1.80 bits per heavy atom. The van der Waals surface area contributed by atoms with Crippen LogP contribution in [0.4, 0.5) is 0 Å². The van der Waals surface area contributed by atoms with Gasteiger partial charge in [0.05, 0.1) is 7.11 Å². The fraction of sp³-hybridized carbons (Fsp3) is 0.125. The summed E-state index contributed by atoms with van der Waals surface area (Å²) in [4.78, 5) is 0. The van der Waals surface area contributed by atoms with E-state index in [0.717, 1.165) is 16.9 Å². The lowest BCUT2D eigenvalue weighted by Gasteiger charge is -2.05. The van der Waals surface area contributed by atoms with Crippen molar-refractivity contribution in [2.45, 2.75) is 6.61 Å². The Bertz CT molecular complexity index is 713. The van der Waals surface area contributed by atoms with E-state index >= 15 is 0 Å². The van der Waals surface area contributed by atoms with Gasteiger partial charge in [-0.25, -0.2) is 0 Å². The van der Waals surface area contributed by atoms with E-state index < -0.39 is 0 Å². The Kier molecular flexibility index (Phi) is 3.21. The number of ether oxygens (including phenoxy) is 2. The van der Waals surface area contributed by atoms with Gasteiger partial charge in [0.25, 0.3) is 0 Å². The normalized spacial score (nSPS) is 10.7. The molecular formula is C16H14O4. The Morgan fingerprint density at radius 3 is 2.50 bits per heavy atom. The summed E-state index contributed by atoms with van der Waals surface area (Å²) in [6, 6.07) is 14.5. The minimum atomic E-state index is 0.137. The SMILES string of the molecule is COc1ccc(OCc2cc3cccc(O)c3o2)cc1. The van der Waals surface area contributed by atoms with Gasteiger partial charge >= 0.3 is 0 Å². The average Bonchev–Trinajstić information content (AvgIpc) is 2.90. The standard InChI is InChI=1S/C16H14O4/c1-18-12-5-7-13(8-6-12)19-10-14-9-11-3-2-4-15(17)16(11)20-14/h2-9,17H,10H2,1H3. The summed E-state index contributed by atoms with van der Waals surface area (Å²) in [5, 5.41) is 10.5. The Hall–Kier alpha value is -2.62. The van der Waals surface area contributed by atoms with Gasteiger partial charge in [0, 0.05) is 5.39 Å². The number of benzene rings is 2. The molecule has 0 aliphatic heterocycles. The molecule has 102 valence electrons. The molecule has 0 aliphatic carbocycles. The predicted octanol–water partition coefficient (Wildman–Crippen LogP) is 3.73. The van der Waals surface area contributed by atoms with Crippen LogP contribution in [-0.2, 0) is 6.61 Å². The van der Waals surface area contributed by atoms with Crippen LogP contribution >= 0.6 is 0 Å². The molecule has 1 aromatic heterocycles. The second-order valence-corrected chi connectivity index (χ2v) is 4.37. The van der Waals surface area contributed by atoms with Crippen molar-refractivity contribution < 1.29 is 19.0 Å². The highest BCUT2D eigenvalue weighted by Gasteiger charge is 2.07. The molecule has 1 N–H and O–H groups in total. The van der Waals surface area contributed by atoms with Crippen LogP contribution in [0.3, 0.4) is 0 Å². The summed E-state index contributed by atoms with van der Waals surface area (Å²) >= 11 is 0.